The molecule has 0 aliphatic heterocycles. The Morgan fingerprint density at radius 2 is 2.00 bits per heavy atom. The van der Waals surface area contributed by atoms with Crippen LogP contribution in [0.4, 0.5) is 0 Å². The van der Waals surface area contributed by atoms with Gasteiger partial charge in [0.15, 0.2) is 0 Å². The summed E-state index contributed by atoms with van der Waals surface area (Å²) in [4.78, 5) is 26.1. The first-order valence-electron chi connectivity index (χ1n) is 9.01. The number of rotatable bonds is 6. The van der Waals surface area contributed by atoms with Crippen LogP contribution in [-0.4, -0.2) is 26.7 Å². The van der Waals surface area contributed by atoms with Crippen molar-refractivity contribution in [3.05, 3.63) is 63.5 Å². The Balaban J connectivity index is 1.46. The third-order valence-electron chi connectivity index (χ3n) is 4.43. The Kier molecular flexibility index (Phi) is 4.87. The van der Waals surface area contributed by atoms with Crippen LogP contribution in [0.5, 0.6) is 5.75 Å². The van der Waals surface area contributed by atoms with E-state index in [4.69, 9.17) is 4.74 Å². The quantitative estimate of drug-likeness (QED) is 0.544. The van der Waals surface area contributed by atoms with Crippen LogP contribution in [0.15, 0.2) is 47.5 Å². The minimum atomic E-state index is -0.278. The van der Waals surface area contributed by atoms with E-state index in [1.54, 1.807) is 22.1 Å². The van der Waals surface area contributed by atoms with Gasteiger partial charge in [-0.2, -0.15) is 5.10 Å². The SMILES string of the molecule is CCOc1ccc(CNC(=O)Cn2ncn3c(cc4sc(C)cc43)c2=O)cc1. The second-order valence-electron chi connectivity index (χ2n) is 6.45. The highest BCUT2D eigenvalue weighted by molar-refractivity contribution is 7.19. The van der Waals surface area contributed by atoms with E-state index in [2.05, 4.69) is 10.4 Å². The Labute approximate surface area is 165 Å². The molecular formula is C20H20N4O3S. The van der Waals surface area contributed by atoms with Gasteiger partial charge in [0.25, 0.3) is 5.56 Å². The molecule has 8 heteroatoms. The summed E-state index contributed by atoms with van der Waals surface area (Å²) in [6.07, 6.45) is 1.59. The summed E-state index contributed by atoms with van der Waals surface area (Å²) in [7, 11) is 0. The van der Waals surface area contributed by atoms with Crippen LogP contribution in [0.25, 0.3) is 15.7 Å². The molecule has 28 heavy (non-hydrogen) atoms. The number of hydrogen-bond acceptors (Lipinski definition) is 5. The molecule has 3 heterocycles. The summed E-state index contributed by atoms with van der Waals surface area (Å²) in [6.45, 7) is 4.83. The van der Waals surface area contributed by atoms with E-state index >= 15 is 0 Å². The summed E-state index contributed by atoms with van der Waals surface area (Å²) in [5.74, 6) is 0.529. The van der Waals surface area contributed by atoms with Gasteiger partial charge in [0, 0.05) is 11.4 Å². The number of ether oxygens (including phenoxy) is 1. The highest BCUT2D eigenvalue weighted by Gasteiger charge is 2.13. The largest absolute Gasteiger partial charge is 0.494 e. The summed E-state index contributed by atoms with van der Waals surface area (Å²) >= 11 is 1.63. The van der Waals surface area contributed by atoms with E-state index in [1.807, 2.05) is 50.2 Å². The molecule has 1 aromatic carbocycles. The Bertz CT molecular complexity index is 1200. The zero-order valence-electron chi connectivity index (χ0n) is 15.6. The van der Waals surface area contributed by atoms with Crippen molar-refractivity contribution < 1.29 is 9.53 Å². The molecule has 0 saturated carbocycles. The summed E-state index contributed by atoms with van der Waals surface area (Å²) in [6, 6.07) is 11.4. The number of hydrogen-bond donors (Lipinski definition) is 1. The third kappa shape index (κ3) is 3.50. The molecule has 1 N–H and O–H groups in total. The van der Waals surface area contributed by atoms with Crippen LogP contribution in [0.2, 0.25) is 0 Å². The Morgan fingerprint density at radius 3 is 2.75 bits per heavy atom. The number of amides is 1. The fourth-order valence-electron chi connectivity index (χ4n) is 3.10. The van der Waals surface area contributed by atoms with Crippen molar-refractivity contribution in [2.45, 2.75) is 26.9 Å². The molecule has 0 fully saturated rings. The van der Waals surface area contributed by atoms with Crippen LogP contribution in [0, 0.1) is 6.92 Å². The fraction of sp³-hybridized carbons (Fsp3) is 0.250. The molecule has 0 aliphatic rings. The van der Waals surface area contributed by atoms with Crippen LogP contribution >= 0.6 is 11.3 Å². The Morgan fingerprint density at radius 1 is 1.21 bits per heavy atom. The molecule has 144 valence electrons. The number of aromatic nitrogens is 3. The van der Waals surface area contributed by atoms with E-state index in [0.29, 0.717) is 18.7 Å². The number of fused-ring (bicyclic) bond motifs is 3. The predicted octanol–water partition coefficient (Wildman–Crippen LogP) is 2.73. The smallest absolute Gasteiger partial charge is 0.291 e. The monoisotopic (exact) mass is 396 g/mol. The van der Waals surface area contributed by atoms with Crippen LogP contribution in [-0.2, 0) is 17.9 Å². The molecule has 0 aliphatic carbocycles. The molecule has 3 aromatic heterocycles. The summed E-state index contributed by atoms with van der Waals surface area (Å²) in [5.41, 5.74) is 2.17. The number of carbonyl (C=O) groups excluding carboxylic acids is 1. The van der Waals surface area contributed by atoms with E-state index in [9.17, 15) is 9.59 Å². The molecule has 0 radical (unpaired) electrons. The molecule has 0 atom stereocenters. The second-order valence-corrected chi connectivity index (χ2v) is 7.74. The molecule has 4 rings (SSSR count). The van der Waals surface area contributed by atoms with Gasteiger partial charge < -0.3 is 10.1 Å². The minimum Gasteiger partial charge on any atom is -0.494 e. The highest BCUT2D eigenvalue weighted by Crippen LogP contribution is 2.26. The first-order chi connectivity index (χ1) is 13.5. The van der Waals surface area contributed by atoms with Crippen molar-refractivity contribution in [1.29, 1.82) is 0 Å². The predicted molar refractivity (Wildman–Crippen MR) is 109 cm³/mol. The van der Waals surface area contributed by atoms with Gasteiger partial charge in [-0.05, 0) is 43.7 Å². The molecule has 4 aromatic rings. The van der Waals surface area contributed by atoms with E-state index in [1.165, 1.54) is 9.56 Å². The van der Waals surface area contributed by atoms with E-state index in [-0.39, 0.29) is 18.0 Å². The van der Waals surface area contributed by atoms with Crippen molar-refractivity contribution in [3.8, 4) is 5.75 Å². The zero-order valence-corrected chi connectivity index (χ0v) is 16.5. The minimum absolute atomic E-state index is 0.121. The van der Waals surface area contributed by atoms with E-state index in [0.717, 1.165) is 21.5 Å². The Hall–Kier alpha value is -3.13. The normalized spacial score (nSPS) is 11.2. The van der Waals surface area contributed by atoms with Gasteiger partial charge in [-0.1, -0.05) is 12.1 Å². The molecule has 0 saturated heterocycles. The lowest BCUT2D eigenvalue weighted by Crippen LogP contribution is -2.33. The van der Waals surface area contributed by atoms with Crippen LogP contribution in [0.1, 0.15) is 17.4 Å². The first-order valence-corrected chi connectivity index (χ1v) is 9.82. The van der Waals surface area contributed by atoms with Gasteiger partial charge in [0.1, 0.15) is 24.1 Å². The standard InChI is InChI=1S/C20H20N4O3S/c1-3-27-15-6-4-14(5-7-15)10-21-19(25)11-24-20(26)17-9-18-16(8-13(2)28-18)23(17)12-22-24/h4-9,12H,3,10-11H2,1-2H3,(H,21,25). The second kappa shape index (κ2) is 7.47. The number of aryl methyl sites for hydroxylation is 1. The topological polar surface area (TPSA) is 77.6 Å². The number of nitrogens with one attached hydrogen (secondary N) is 1. The maximum absolute atomic E-state index is 12.7. The van der Waals surface area contributed by atoms with Crippen molar-refractivity contribution in [2.24, 2.45) is 0 Å². The number of benzene rings is 1. The maximum Gasteiger partial charge on any atom is 0.291 e. The molecule has 0 bridgehead atoms. The van der Waals surface area contributed by atoms with Gasteiger partial charge in [-0.15, -0.1) is 11.3 Å². The molecular weight excluding hydrogens is 376 g/mol. The fourth-order valence-corrected chi connectivity index (χ4v) is 4.05. The maximum atomic E-state index is 12.7. The molecule has 1 amide bonds. The molecule has 0 unspecified atom stereocenters. The average Bonchev–Trinajstić information content (AvgIpc) is 3.20. The van der Waals surface area contributed by atoms with Crippen molar-refractivity contribution in [1.82, 2.24) is 19.5 Å². The lowest BCUT2D eigenvalue weighted by atomic mass is 10.2. The van der Waals surface area contributed by atoms with Gasteiger partial charge in [-0.3, -0.25) is 14.0 Å². The number of thiophene rings is 1. The van der Waals surface area contributed by atoms with E-state index < -0.39 is 0 Å². The summed E-state index contributed by atoms with van der Waals surface area (Å²) < 4.78 is 9.40. The lowest BCUT2D eigenvalue weighted by Gasteiger charge is -2.08. The highest BCUT2D eigenvalue weighted by atomic mass is 32.1. The van der Waals surface area contributed by atoms with Crippen molar-refractivity contribution in [2.75, 3.05) is 6.61 Å². The van der Waals surface area contributed by atoms with Gasteiger partial charge in [-0.25, -0.2) is 4.68 Å². The first kappa shape index (κ1) is 18.2. The van der Waals surface area contributed by atoms with Crippen LogP contribution < -0.4 is 15.6 Å². The van der Waals surface area contributed by atoms with Gasteiger partial charge >= 0.3 is 0 Å². The van der Waals surface area contributed by atoms with Gasteiger partial charge in [0.05, 0.1) is 16.8 Å². The van der Waals surface area contributed by atoms with Crippen molar-refractivity contribution >= 4 is 33.0 Å². The number of carbonyl (C=O) groups is 1. The molecule has 0 spiro atoms. The average molecular weight is 396 g/mol. The lowest BCUT2D eigenvalue weighted by molar-refractivity contribution is -0.122. The molecule has 7 nitrogen and oxygen atoms in total. The van der Waals surface area contributed by atoms with Gasteiger partial charge in [0.2, 0.25) is 5.91 Å². The zero-order chi connectivity index (χ0) is 19.7. The summed E-state index contributed by atoms with van der Waals surface area (Å²) in [5, 5.41) is 6.98. The number of nitrogens with zero attached hydrogens (tertiary/aromatic N) is 3. The van der Waals surface area contributed by atoms with Crippen LogP contribution in [0.3, 0.4) is 0 Å². The van der Waals surface area contributed by atoms with Crippen molar-refractivity contribution in [3.63, 3.8) is 0 Å². The third-order valence-corrected chi connectivity index (χ3v) is 5.41.